The summed E-state index contributed by atoms with van der Waals surface area (Å²) in [5.74, 6) is 0.321. The number of likely N-dealkylation sites (tertiary alicyclic amines) is 1. The van der Waals surface area contributed by atoms with Gasteiger partial charge in [0.25, 0.3) is 5.88 Å². The van der Waals surface area contributed by atoms with E-state index in [1.807, 2.05) is 74.9 Å². The van der Waals surface area contributed by atoms with Gasteiger partial charge in [-0.05, 0) is 66.2 Å². The Hall–Kier alpha value is -6.87. The number of nitrogens with zero attached hydrogens (tertiary/aromatic N) is 10. The molecule has 0 spiro atoms. The number of carbonyl (C=O) groups excluding carboxylic acids is 2. The lowest BCUT2D eigenvalue weighted by molar-refractivity contribution is -0.141. The molecule has 73 heavy (non-hydrogen) atoms. The van der Waals surface area contributed by atoms with Gasteiger partial charge in [0.2, 0.25) is 17.7 Å². The van der Waals surface area contributed by atoms with Crippen LogP contribution in [-0.4, -0.2) is 158 Å². The smallest absolute Gasteiger partial charge is 0.254 e. The number of aromatic nitrogens is 5. The fraction of sp³-hybridized carbons (Fsp3) is 0.453. The number of pyridine rings is 1. The molecule has 2 aromatic carbocycles. The van der Waals surface area contributed by atoms with E-state index < -0.39 is 18.1 Å². The Morgan fingerprint density at radius 1 is 0.890 bits per heavy atom. The molecule has 0 saturated carbocycles. The SMILES string of the molecule is Cc1ncsc1-c1ccc(CNC(=O)[C@H]2C[C@H](O)CN2C(=O)C(c2cc(OCCN3CCN(CCOc4cc(N5C6CCC5CN(c5cc(-c7ccccc7O)nnc5N)C6)ccn4)CC3)no2)C(C)C)cc1. The number of hydrogen-bond donors (Lipinski definition) is 4. The molecule has 5 atom stereocenters. The van der Waals surface area contributed by atoms with Gasteiger partial charge in [-0.3, -0.25) is 19.4 Å². The van der Waals surface area contributed by atoms with Crippen LogP contribution in [0.4, 0.5) is 17.2 Å². The highest BCUT2D eigenvalue weighted by Gasteiger charge is 2.44. The maximum atomic E-state index is 14.2. The molecular formula is C53H64N12O7S. The fourth-order valence-corrected chi connectivity index (χ4v) is 11.6. The van der Waals surface area contributed by atoms with Crippen molar-refractivity contribution in [2.24, 2.45) is 5.92 Å². The van der Waals surface area contributed by atoms with E-state index in [4.69, 9.17) is 19.7 Å². The second-order valence-corrected chi connectivity index (χ2v) is 20.7. The van der Waals surface area contributed by atoms with Gasteiger partial charge in [0.1, 0.15) is 30.9 Å². The first-order valence-corrected chi connectivity index (χ1v) is 26.2. The Morgan fingerprint density at radius 3 is 2.29 bits per heavy atom. The standard InChI is InChI=1S/C53H64N12O7S/c1-33(2)49(53(69)64-31-40(66)25-44(64)52(68)56-28-35-8-10-36(11-9-35)50-34(3)57-32-73-50)46-27-48(60-72-46)71-23-21-62-18-16-61(17-19-62)20-22-70-47-24-37(14-15-55-47)65-38-12-13-39(65)30-63(29-38)43-26-42(58-59-51(43)54)41-6-4-5-7-45(41)67/h4-11,14-15,24,26-27,32-33,38-40,44,49,66-67H,12-13,16-23,25,28-31H2,1-3H3,(H2,54,59)(H,56,68)/t38?,39?,40-,44+,49?/m0/s1. The number of benzene rings is 2. The van der Waals surface area contributed by atoms with Gasteiger partial charge in [-0.1, -0.05) is 50.2 Å². The zero-order valence-corrected chi connectivity index (χ0v) is 42.4. The number of phenolic OH excluding ortho intramolecular Hbond substituents is 1. The number of rotatable bonds is 18. The molecular weight excluding hydrogens is 949 g/mol. The van der Waals surface area contributed by atoms with Crippen molar-refractivity contribution in [1.29, 1.82) is 0 Å². The number of phenols is 1. The highest BCUT2D eigenvalue weighted by molar-refractivity contribution is 7.13. The fourth-order valence-electron chi connectivity index (χ4n) is 10.8. The molecule has 19 nitrogen and oxygen atoms in total. The number of aryl methyl sites for hydroxylation is 1. The summed E-state index contributed by atoms with van der Waals surface area (Å²) in [5, 5.41) is 36.8. The number of fused-ring (bicyclic) bond motifs is 2. The molecule has 5 N–H and O–H groups in total. The number of thiazole rings is 1. The van der Waals surface area contributed by atoms with Crippen LogP contribution < -0.4 is 30.3 Å². The molecule has 20 heteroatoms. The average molecular weight is 1010 g/mol. The summed E-state index contributed by atoms with van der Waals surface area (Å²) in [4.78, 5) is 48.7. The zero-order valence-electron chi connectivity index (χ0n) is 41.5. The van der Waals surface area contributed by atoms with Gasteiger partial charge < -0.3 is 50.0 Å². The summed E-state index contributed by atoms with van der Waals surface area (Å²) in [7, 11) is 0. The molecule has 0 radical (unpaired) electrons. The first-order chi connectivity index (χ1) is 35.4. The molecule has 384 valence electrons. The number of carbonyl (C=O) groups is 2. The highest BCUT2D eigenvalue weighted by Crippen LogP contribution is 2.40. The Morgan fingerprint density at radius 2 is 1.60 bits per heavy atom. The maximum absolute atomic E-state index is 14.2. The number of hydrogen-bond acceptors (Lipinski definition) is 18. The normalized spacial score (nSPS) is 20.7. The van der Waals surface area contributed by atoms with Crippen LogP contribution in [0, 0.1) is 12.8 Å². The first kappa shape index (κ1) is 49.7. The van der Waals surface area contributed by atoms with Crippen molar-refractivity contribution in [3.8, 4) is 39.2 Å². The van der Waals surface area contributed by atoms with E-state index in [2.05, 4.69) is 62.4 Å². The van der Waals surface area contributed by atoms with Gasteiger partial charge in [0, 0.05) is 114 Å². The van der Waals surface area contributed by atoms with Gasteiger partial charge in [0.05, 0.1) is 33.6 Å². The van der Waals surface area contributed by atoms with E-state index in [9.17, 15) is 19.8 Å². The Balaban J connectivity index is 0.650. The summed E-state index contributed by atoms with van der Waals surface area (Å²) in [6, 6.07) is 22.6. The first-order valence-electron chi connectivity index (χ1n) is 25.3. The number of piperazine rings is 2. The molecule has 0 aliphatic carbocycles. The van der Waals surface area contributed by atoms with Gasteiger partial charge in [0.15, 0.2) is 11.6 Å². The molecule has 4 aromatic heterocycles. The van der Waals surface area contributed by atoms with Crippen molar-refractivity contribution in [1.82, 2.24) is 45.3 Å². The lowest BCUT2D eigenvalue weighted by Gasteiger charge is -2.43. The number of nitrogen functional groups attached to an aromatic ring is 1. The molecule has 4 fully saturated rings. The number of amides is 2. The van der Waals surface area contributed by atoms with Crippen LogP contribution in [0.3, 0.4) is 0 Å². The second-order valence-electron chi connectivity index (χ2n) is 19.8. The molecule has 2 amide bonds. The van der Waals surface area contributed by atoms with Crippen molar-refractivity contribution >= 4 is 40.3 Å². The number of nitrogens with two attached hydrogens (primary N) is 1. The number of ether oxygens (including phenoxy) is 2. The summed E-state index contributed by atoms with van der Waals surface area (Å²) >= 11 is 1.59. The van der Waals surface area contributed by atoms with Crippen LogP contribution in [0.5, 0.6) is 17.5 Å². The molecule has 4 saturated heterocycles. The highest BCUT2D eigenvalue weighted by atomic mass is 32.1. The topological polar surface area (TPSA) is 225 Å². The quantitative estimate of drug-likeness (QED) is 0.0869. The molecule has 3 unspecified atom stereocenters. The minimum Gasteiger partial charge on any atom is -0.507 e. The van der Waals surface area contributed by atoms with E-state index in [1.54, 1.807) is 29.5 Å². The van der Waals surface area contributed by atoms with Crippen molar-refractivity contribution in [2.75, 3.05) is 87.7 Å². The molecule has 6 aromatic rings. The lowest BCUT2D eigenvalue weighted by Crippen LogP contribution is -2.54. The van der Waals surface area contributed by atoms with Crippen LogP contribution in [0.2, 0.25) is 0 Å². The number of aromatic hydroxyl groups is 1. The monoisotopic (exact) mass is 1010 g/mol. The number of aliphatic hydroxyl groups excluding tert-OH is 1. The van der Waals surface area contributed by atoms with Crippen LogP contribution in [-0.2, 0) is 16.1 Å². The lowest BCUT2D eigenvalue weighted by atomic mass is 9.91. The van der Waals surface area contributed by atoms with Crippen molar-refractivity contribution in [3.05, 3.63) is 102 Å². The molecule has 8 heterocycles. The minimum absolute atomic E-state index is 0.0575. The van der Waals surface area contributed by atoms with E-state index in [0.29, 0.717) is 60.9 Å². The average Bonchev–Trinajstić information content (AvgIpc) is 4.20. The van der Waals surface area contributed by atoms with Crippen molar-refractivity contribution in [2.45, 2.75) is 76.7 Å². The third-order valence-electron chi connectivity index (χ3n) is 14.6. The summed E-state index contributed by atoms with van der Waals surface area (Å²) in [6.07, 6.45) is 3.29. The Labute approximate surface area is 428 Å². The van der Waals surface area contributed by atoms with Gasteiger partial charge in [-0.2, -0.15) is 0 Å². The van der Waals surface area contributed by atoms with Crippen LogP contribution in [0.1, 0.15) is 56.0 Å². The van der Waals surface area contributed by atoms with Crippen molar-refractivity contribution < 1.29 is 33.8 Å². The van der Waals surface area contributed by atoms with E-state index >= 15 is 0 Å². The number of anilines is 3. The van der Waals surface area contributed by atoms with Gasteiger partial charge in [-0.25, -0.2) is 9.97 Å². The Bertz CT molecular complexity index is 2840. The second kappa shape index (κ2) is 22.1. The van der Waals surface area contributed by atoms with Crippen LogP contribution in [0.15, 0.2) is 89.0 Å². The Kier molecular flexibility index (Phi) is 15.0. The molecule has 4 aliphatic rings. The third kappa shape index (κ3) is 11.2. The molecule has 10 rings (SSSR count). The molecule has 2 bridgehead atoms. The number of β-amino-alcohol motifs (C(OH)–C–C–N with tert-alkyl or cyclic N) is 1. The number of aliphatic hydroxyl groups is 1. The number of nitrogens with one attached hydrogen (secondary N) is 1. The third-order valence-corrected chi connectivity index (χ3v) is 15.6. The summed E-state index contributed by atoms with van der Waals surface area (Å²) in [5.41, 5.74) is 14.3. The van der Waals surface area contributed by atoms with Crippen LogP contribution >= 0.6 is 11.3 Å². The number of para-hydroxylation sites is 1. The molecule has 4 aliphatic heterocycles. The van der Waals surface area contributed by atoms with Gasteiger partial charge >= 0.3 is 0 Å². The van der Waals surface area contributed by atoms with Crippen LogP contribution in [0.25, 0.3) is 21.7 Å². The maximum Gasteiger partial charge on any atom is 0.254 e. The minimum atomic E-state index is -0.817. The van der Waals surface area contributed by atoms with E-state index in [-0.39, 0.29) is 48.5 Å². The van der Waals surface area contributed by atoms with E-state index in [0.717, 1.165) is 91.7 Å². The van der Waals surface area contributed by atoms with E-state index in [1.165, 1.54) is 4.90 Å². The zero-order chi connectivity index (χ0) is 50.6. The summed E-state index contributed by atoms with van der Waals surface area (Å²) in [6.45, 7) is 13.7. The predicted octanol–water partition coefficient (Wildman–Crippen LogP) is 5.20. The van der Waals surface area contributed by atoms with Crippen molar-refractivity contribution in [3.63, 3.8) is 0 Å². The van der Waals surface area contributed by atoms with Gasteiger partial charge in [-0.15, -0.1) is 21.5 Å². The largest absolute Gasteiger partial charge is 0.507 e. The summed E-state index contributed by atoms with van der Waals surface area (Å²) < 4.78 is 18.0. The predicted molar refractivity (Wildman–Crippen MR) is 277 cm³/mol.